The molecule has 0 aliphatic rings. The monoisotopic (exact) mass is 282 g/mol. The Labute approximate surface area is 121 Å². The van der Waals surface area contributed by atoms with Gasteiger partial charge in [0.2, 0.25) is 0 Å². The molecule has 0 aliphatic carbocycles. The van der Waals surface area contributed by atoms with E-state index in [1.807, 2.05) is 19.1 Å². The fraction of sp³-hybridized carbons (Fsp3) is 0.600. The Balaban J connectivity index is 2.41. The molecule has 1 aromatic carbocycles. The Bertz CT molecular complexity index is 399. The summed E-state index contributed by atoms with van der Waals surface area (Å²) in [5.41, 5.74) is 0.880. The van der Waals surface area contributed by atoms with Gasteiger partial charge in [-0.25, -0.2) is 0 Å². The van der Waals surface area contributed by atoms with Gasteiger partial charge in [0.05, 0.1) is 13.7 Å². The molecular formula is C15H26N2O3. The molecule has 5 heteroatoms. The quantitative estimate of drug-likeness (QED) is 0.721. The number of benzene rings is 1. The average molecular weight is 282 g/mol. The SMILES string of the molecule is COCCN(C)CCNC(C)c1ccc(OC)cc1O. The van der Waals surface area contributed by atoms with Gasteiger partial charge in [0.1, 0.15) is 11.5 Å². The van der Waals surface area contributed by atoms with Crippen molar-refractivity contribution < 1.29 is 14.6 Å². The first-order chi connectivity index (χ1) is 9.58. The van der Waals surface area contributed by atoms with Crippen molar-refractivity contribution in [2.75, 3.05) is 47.5 Å². The number of aromatic hydroxyl groups is 1. The third-order valence-corrected chi connectivity index (χ3v) is 3.33. The van der Waals surface area contributed by atoms with E-state index in [4.69, 9.17) is 9.47 Å². The Morgan fingerprint density at radius 2 is 2.05 bits per heavy atom. The standard InChI is InChI=1S/C15H26N2O3/c1-12(16-7-8-17(2)9-10-19-3)14-6-5-13(20-4)11-15(14)18/h5-6,11-12,16,18H,7-10H2,1-4H3. The Kier molecular flexibility index (Phi) is 7.36. The van der Waals surface area contributed by atoms with Crippen LogP contribution in [0.15, 0.2) is 18.2 Å². The van der Waals surface area contributed by atoms with E-state index in [1.54, 1.807) is 20.3 Å². The van der Waals surface area contributed by atoms with E-state index < -0.39 is 0 Å². The molecule has 114 valence electrons. The predicted octanol–water partition coefficient (Wildman–Crippen LogP) is 1.63. The van der Waals surface area contributed by atoms with Gasteiger partial charge in [-0.1, -0.05) is 6.07 Å². The summed E-state index contributed by atoms with van der Waals surface area (Å²) in [4.78, 5) is 2.21. The van der Waals surface area contributed by atoms with Gasteiger partial charge in [-0.05, 0) is 20.0 Å². The lowest BCUT2D eigenvalue weighted by atomic mass is 10.1. The number of hydrogen-bond donors (Lipinski definition) is 2. The number of methoxy groups -OCH3 is 2. The van der Waals surface area contributed by atoms with Crippen molar-refractivity contribution in [3.05, 3.63) is 23.8 Å². The smallest absolute Gasteiger partial charge is 0.124 e. The zero-order chi connectivity index (χ0) is 15.0. The van der Waals surface area contributed by atoms with Crippen molar-refractivity contribution >= 4 is 0 Å². The van der Waals surface area contributed by atoms with Crippen LogP contribution in [0.25, 0.3) is 0 Å². The third-order valence-electron chi connectivity index (χ3n) is 3.33. The first kappa shape index (κ1) is 16.8. The summed E-state index contributed by atoms with van der Waals surface area (Å²) in [6.45, 7) is 5.49. The molecule has 0 saturated carbocycles. The van der Waals surface area contributed by atoms with E-state index in [-0.39, 0.29) is 11.8 Å². The number of nitrogens with zero attached hydrogens (tertiary/aromatic N) is 1. The molecular weight excluding hydrogens is 256 g/mol. The molecule has 0 aliphatic heterocycles. The van der Waals surface area contributed by atoms with Gasteiger partial charge < -0.3 is 24.8 Å². The number of likely N-dealkylation sites (N-methyl/N-ethyl adjacent to an activating group) is 1. The van der Waals surface area contributed by atoms with Crippen LogP contribution in [0.3, 0.4) is 0 Å². The normalized spacial score (nSPS) is 12.7. The van der Waals surface area contributed by atoms with E-state index in [2.05, 4.69) is 17.3 Å². The van der Waals surface area contributed by atoms with Gasteiger partial charge in [0.15, 0.2) is 0 Å². The number of rotatable bonds is 9. The summed E-state index contributed by atoms with van der Waals surface area (Å²) in [5.74, 6) is 0.926. The molecule has 1 rings (SSSR count). The second-order valence-electron chi connectivity index (χ2n) is 4.90. The maximum atomic E-state index is 9.97. The Morgan fingerprint density at radius 3 is 2.65 bits per heavy atom. The Hall–Kier alpha value is -1.30. The van der Waals surface area contributed by atoms with Crippen LogP contribution < -0.4 is 10.1 Å². The molecule has 0 heterocycles. The van der Waals surface area contributed by atoms with Gasteiger partial charge in [0, 0.05) is 44.4 Å². The van der Waals surface area contributed by atoms with Crippen LogP contribution in [0.1, 0.15) is 18.5 Å². The zero-order valence-electron chi connectivity index (χ0n) is 12.8. The van der Waals surface area contributed by atoms with Crippen molar-refractivity contribution in [2.45, 2.75) is 13.0 Å². The summed E-state index contributed by atoms with van der Waals surface area (Å²) < 4.78 is 10.1. The second-order valence-corrected chi connectivity index (χ2v) is 4.90. The van der Waals surface area contributed by atoms with Crippen molar-refractivity contribution in [3.8, 4) is 11.5 Å². The topological polar surface area (TPSA) is 54.0 Å². The fourth-order valence-corrected chi connectivity index (χ4v) is 1.96. The molecule has 2 N–H and O–H groups in total. The lowest BCUT2D eigenvalue weighted by Crippen LogP contribution is -2.32. The number of nitrogens with one attached hydrogen (secondary N) is 1. The average Bonchev–Trinajstić information content (AvgIpc) is 2.44. The molecule has 5 nitrogen and oxygen atoms in total. The van der Waals surface area contributed by atoms with Gasteiger partial charge in [-0.2, -0.15) is 0 Å². The molecule has 20 heavy (non-hydrogen) atoms. The van der Waals surface area contributed by atoms with Crippen LogP contribution in [0.4, 0.5) is 0 Å². The number of hydrogen-bond acceptors (Lipinski definition) is 5. The molecule has 0 bridgehead atoms. The highest BCUT2D eigenvalue weighted by Crippen LogP contribution is 2.28. The number of phenols is 1. The number of phenolic OH excluding ortho intramolecular Hbond substituents is 1. The summed E-state index contributed by atoms with van der Waals surface area (Å²) in [6.07, 6.45) is 0. The van der Waals surface area contributed by atoms with Crippen LogP contribution >= 0.6 is 0 Å². The third kappa shape index (κ3) is 5.36. The first-order valence-corrected chi connectivity index (χ1v) is 6.86. The highest BCUT2D eigenvalue weighted by Gasteiger charge is 2.10. The summed E-state index contributed by atoms with van der Waals surface area (Å²) in [7, 11) is 5.36. The van der Waals surface area contributed by atoms with E-state index in [9.17, 15) is 5.11 Å². The molecule has 0 saturated heterocycles. The Morgan fingerprint density at radius 1 is 1.30 bits per heavy atom. The van der Waals surface area contributed by atoms with Crippen molar-refractivity contribution in [2.24, 2.45) is 0 Å². The summed E-state index contributed by atoms with van der Waals surface area (Å²) in [5, 5.41) is 13.4. The summed E-state index contributed by atoms with van der Waals surface area (Å²) in [6, 6.07) is 5.48. The highest BCUT2D eigenvalue weighted by atomic mass is 16.5. The van der Waals surface area contributed by atoms with Crippen LogP contribution in [0, 0.1) is 0 Å². The molecule has 0 fully saturated rings. The van der Waals surface area contributed by atoms with Crippen molar-refractivity contribution in [1.29, 1.82) is 0 Å². The highest BCUT2D eigenvalue weighted by molar-refractivity contribution is 5.41. The first-order valence-electron chi connectivity index (χ1n) is 6.86. The zero-order valence-corrected chi connectivity index (χ0v) is 12.8. The van der Waals surface area contributed by atoms with E-state index in [0.29, 0.717) is 5.75 Å². The van der Waals surface area contributed by atoms with E-state index in [1.165, 1.54) is 0 Å². The molecule has 0 amide bonds. The molecule has 1 unspecified atom stereocenters. The minimum Gasteiger partial charge on any atom is -0.507 e. The molecule has 0 spiro atoms. The van der Waals surface area contributed by atoms with E-state index in [0.717, 1.165) is 31.8 Å². The van der Waals surface area contributed by atoms with Crippen LogP contribution in [-0.4, -0.2) is 57.5 Å². The second kappa shape index (κ2) is 8.79. The molecule has 1 aromatic rings. The van der Waals surface area contributed by atoms with Crippen LogP contribution in [0.5, 0.6) is 11.5 Å². The number of ether oxygens (including phenoxy) is 2. The molecule has 1 atom stereocenters. The molecule has 0 aromatic heterocycles. The van der Waals surface area contributed by atoms with Gasteiger partial charge in [-0.15, -0.1) is 0 Å². The van der Waals surface area contributed by atoms with Gasteiger partial charge in [0.25, 0.3) is 0 Å². The molecule has 0 radical (unpaired) electrons. The minimum atomic E-state index is 0.0942. The predicted molar refractivity (Wildman–Crippen MR) is 80.4 cm³/mol. The maximum absolute atomic E-state index is 9.97. The van der Waals surface area contributed by atoms with E-state index >= 15 is 0 Å². The summed E-state index contributed by atoms with van der Waals surface area (Å²) >= 11 is 0. The minimum absolute atomic E-state index is 0.0942. The van der Waals surface area contributed by atoms with Crippen molar-refractivity contribution in [1.82, 2.24) is 10.2 Å². The largest absolute Gasteiger partial charge is 0.507 e. The van der Waals surface area contributed by atoms with Crippen LogP contribution in [-0.2, 0) is 4.74 Å². The maximum Gasteiger partial charge on any atom is 0.124 e. The lowest BCUT2D eigenvalue weighted by molar-refractivity contribution is 0.161. The lowest BCUT2D eigenvalue weighted by Gasteiger charge is -2.20. The van der Waals surface area contributed by atoms with Crippen molar-refractivity contribution in [3.63, 3.8) is 0 Å². The fourth-order valence-electron chi connectivity index (χ4n) is 1.96. The van der Waals surface area contributed by atoms with Gasteiger partial charge >= 0.3 is 0 Å². The van der Waals surface area contributed by atoms with Crippen LogP contribution in [0.2, 0.25) is 0 Å². The van der Waals surface area contributed by atoms with Gasteiger partial charge in [-0.3, -0.25) is 0 Å².